The van der Waals surface area contributed by atoms with Gasteiger partial charge in [0, 0.05) is 24.6 Å². The second-order valence-electron chi connectivity index (χ2n) is 5.04. The summed E-state index contributed by atoms with van der Waals surface area (Å²) in [6.07, 6.45) is 3.52. The summed E-state index contributed by atoms with van der Waals surface area (Å²) in [4.78, 5) is 0. The molecular weight excluding hydrogens is 226 g/mol. The lowest BCUT2D eigenvalue weighted by atomic mass is 9.99. The summed E-state index contributed by atoms with van der Waals surface area (Å²) in [5.41, 5.74) is 9.28. The first-order valence-corrected chi connectivity index (χ1v) is 6.42. The fourth-order valence-corrected chi connectivity index (χ4v) is 2.23. The highest BCUT2D eigenvalue weighted by atomic mass is 16.3. The molecule has 2 N–H and O–H groups in total. The van der Waals surface area contributed by atoms with Crippen molar-refractivity contribution in [3.05, 3.63) is 23.7 Å². The fourth-order valence-electron chi connectivity index (χ4n) is 2.23. The molecule has 0 aliphatic carbocycles. The zero-order chi connectivity index (χ0) is 13.3. The fraction of sp³-hybridized carbons (Fsp3) is 0.500. The number of aromatic nitrogens is 2. The maximum Gasteiger partial charge on any atom is 0.125 e. The monoisotopic (exact) mass is 247 g/mol. The highest BCUT2D eigenvalue weighted by Gasteiger charge is 2.19. The molecule has 2 rings (SSSR count). The Bertz CT molecular complexity index is 537. The lowest BCUT2D eigenvalue weighted by Gasteiger charge is -2.06. The van der Waals surface area contributed by atoms with E-state index in [9.17, 15) is 0 Å². The number of nitrogens with two attached hydrogens (primary N) is 1. The van der Waals surface area contributed by atoms with Crippen LogP contribution >= 0.6 is 0 Å². The highest BCUT2D eigenvalue weighted by molar-refractivity contribution is 5.70. The Morgan fingerprint density at radius 3 is 2.78 bits per heavy atom. The average molecular weight is 247 g/mol. The minimum atomic E-state index is 0.548. The summed E-state index contributed by atoms with van der Waals surface area (Å²) in [6.45, 7) is 6.45. The summed E-state index contributed by atoms with van der Waals surface area (Å²) >= 11 is 0. The van der Waals surface area contributed by atoms with E-state index in [2.05, 4.69) is 25.9 Å². The van der Waals surface area contributed by atoms with Gasteiger partial charge in [-0.1, -0.05) is 20.8 Å². The van der Waals surface area contributed by atoms with Crippen molar-refractivity contribution >= 4 is 5.82 Å². The largest absolute Gasteiger partial charge is 0.469 e. The summed E-state index contributed by atoms with van der Waals surface area (Å²) in [5, 5.41) is 4.55. The van der Waals surface area contributed by atoms with Crippen molar-refractivity contribution in [1.29, 1.82) is 0 Å². The van der Waals surface area contributed by atoms with Gasteiger partial charge in [-0.15, -0.1) is 0 Å². The van der Waals surface area contributed by atoms with Crippen LogP contribution in [0.5, 0.6) is 0 Å². The normalized spacial score (nSPS) is 11.4. The third-order valence-electron chi connectivity index (χ3n) is 3.13. The smallest absolute Gasteiger partial charge is 0.125 e. The molecule has 0 saturated carbocycles. The van der Waals surface area contributed by atoms with Crippen molar-refractivity contribution in [3.63, 3.8) is 0 Å². The van der Waals surface area contributed by atoms with Gasteiger partial charge >= 0.3 is 0 Å². The SMILES string of the molecule is CCc1occc1-c1nn(C)c(N)c1CC(C)C. The van der Waals surface area contributed by atoms with Crippen molar-refractivity contribution in [2.24, 2.45) is 13.0 Å². The van der Waals surface area contributed by atoms with Gasteiger partial charge in [0.25, 0.3) is 0 Å². The topological polar surface area (TPSA) is 57.0 Å². The minimum Gasteiger partial charge on any atom is -0.469 e. The van der Waals surface area contributed by atoms with Gasteiger partial charge in [0.15, 0.2) is 0 Å². The molecular formula is C14H21N3O. The molecule has 98 valence electrons. The molecule has 0 spiro atoms. The Balaban J connectivity index is 2.53. The first-order chi connectivity index (χ1) is 8.54. The first-order valence-electron chi connectivity index (χ1n) is 6.42. The van der Waals surface area contributed by atoms with Crippen LogP contribution in [0.15, 0.2) is 16.7 Å². The maximum absolute atomic E-state index is 6.12. The van der Waals surface area contributed by atoms with Crippen LogP contribution in [-0.2, 0) is 19.9 Å². The number of nitrogen functional groups attached to an aromatic ring is 1. The summed E-state index contributed by atoms with van der Waals surface area (Å²) in [5.74, 6) is 2.27. The van der Waals surface area contributed by atoms with Crippen LogP contribution in [0, 0.1) is 5.92 Å². The number of hydrogen-bond donors (Lipinski definition) is 1. The van der Waals surface area contributed by atoms with Gasteiger partial charge in [0.1, 0.15) is 17.3 Å². The van der Waals surface area contributed by atoms with E-state index in [1.54, 1.807) is 10.9 Å². The molecule has 0 amide bonds. The van der Waals surface area contributed by atoms with Crippen molar-refractivity contribution < 1.29 is 4.42 Å². The summed E-state index contributed by atoms with van der Waals surface area (Å²) in [6, 6.07) is 1.98. The van der Waals surface area contributed by atoms with E-state index in [1.165, 1.54) is 0 Å². The predicted octanol–water partition coefficient (Wildman–Crippen LogP) is 3.02. The Labute approximate surface area is 108 Å². The molecule has 2 heterocycles. The summed E-state index contributed by atoms with van der Waals surface area (Å²) < 4.78 is 7.24. The standard InChI is InChI=1S/C14H21N3O/c1-5-12-10(6-7-18-12)13-11(8-9(2)3)14(15)17(4)16-13/h6-7,9H,5,8,15H2,1-4H3. The quantitative estimate of drug-likeness (QED) is 0.903. The zero-order valence-electron chi connectivity index (χ0n) is 11.5. The van der Waals surface area contributed by atoms with Gasteiger partial charge in [-0.25, -0.2) is 0 Å². The van der Waals surface area contributed by atoms with Crippen molar-refractivity contribution in [3.8, 4) is 11.3 Å². The lowest BCUT2D eigenvalue weighted by Crippen LogP contribution is -2.02. The first kappa shape index (κ1) is 12.7. The molecule has 0 fully saturated rings. The molecule has 18 heavy (non-hydrogen) atoms. The van der Waals surface area contributed by atoms with Crippen LogP contribution in [-0.4, -0.2) is 9.78 Å². The van der Waals surface area contributed by atoms with E-state index in [0.717, 1.165) is 41.2 Å². The van der Waals surface area contributed by atoms with E-state index in [0.29, 0.717) is 5.92 Å². The van der Waals surface area contributed by atoms with Gasteiger partial charge in [-0.05, 0) is 18.4 Å². The molecule has 0 aliphatic rings. The second-order valence-corrected chi connectivity index (χ2v) is 5.04. The zero-order valence-corrected chi connectivity index (χ0v) is 11.5. The molecule has 0 radical (unpaired) electrons. The van der Waals surface area contributed by atoms with E-state index in [1.807, 2.05) is 13.1 Å². The molecule has 0 aromatic carbocycles. The molecule has 4 heteroatoms. The number of nitrogens with zero attached hydrogens (tertiary/aromatic N) is 2. The maximum atomic E-state index is 6.12. The van der Waals surface area contributed by atoms with Gasteiger partial charge in [-0.2, -0.15) is 5.10 Å². The van der Waals surface area contributed by atoms with Gasteiger partial charge < -0.3 is 10.2 Å². The van der Waals surface area contributed by atoms with Crippen molar-refractivity contribution in [2.45, 2.75) is 33.6 Å². The van der Waals surface area contributed by atoms with Crippen LogP contribution in [0.3, 0.4) is 0 Å². The third kappa shape index (κ3) is 2.15. The minimum absolute atomic E-state index is 0.548. The van der Waals surface area contributed by atoms with Crippen LogP contribution in [0.1, 0.15) is 32.1 Å². The Morgan fingerprint density at radius 2 is 2.17 bits per heavy atom. The van der Waals surface area contributed by atoms with Gasteiger partial charge in [0.05, 0.1) is 6.26 Å². The van der Waals surface area contributed by atoms with E-state index < -0.39 is 0 Å². The van der Waals surface area contributed by atoms with Gasteiger partial charge in [0.2, 0.25) is 0 Å². The summed E-state index contributed by atoms with van der Waals surface area (Å²) in [7, 11) is 1.88. The van der Waals surface area contributed by atoms with Gasteiger partial charge in [-0.3, -0.25) is 4.68 Å². The Hall–Kier alpha value is -1.71. The molecule has 0 aliphatic heterocycles. The molecule has 4 nitrogen and oxygen atoms in total. The predicted molar refractivity (Wildman–Crippen MR) is 73.2 cm³/mol. The lowest BCUT2D eigenvalue weighted by molar-refractivity contribution is 0.517. The average Bonchev–Trinajstić information content (AvgIpc) is 2.88. The number of hydrogen-bond acceptors (Lipinski definition) is 3. The molecule has 0 bridgehead atoms. The van der Waals surface area contributed by atoms with Crippen molar-refractivity contribution in [2.75, 3.05) is 5.73 Å². The van der Waals surface area contributed by atoms with Crippen LogP contribution < -0.4 is 5.73 Å². The molecule has 0 saturated heterocycles. The molecule has 0 unspecified atom stereocenters. The van der Waals surface area contributed by atoms with E-state index in [4.69, 9.17) is 10.2 Å². The number of rotatable bonds is 4. The number of anilines is 1. The second kappa shape index (κ2) is 4.88. The molecule has 2 aromatic rings. The highest BCUT2D eigenvalue weighted by Crippen LogP contribution is 2.32. The van der Waals surface area contributed by atoms with Crippen LogP contribution in [0.2, 0.25) is 0 Å². The molecule has 2 aromatic heterocycles. The van der Waals surface area contributed by atoms with Crippen molar-refractivity contribution in [1.82, 2.24) is 9.78 Å². The third-order valence-corrected chi connectivity index (χ3v) is 3.13. The molecule has 0 atom stereocenters. The van der Waals surface area contributed by atoms with Crippen LogP contribution in [0.25, 0.3) is 11.3 Å². The van der Waals surface area contributed by atoms with E-state index in [-0.39, 0.29) is 0 Å². The Morgan fingerprint density at radius 1 is 1.44 bits per heavy atom. The van der Waals surface area contributed by atoms with Crippen LogP contribution in [0.4, 0.5) is 5.82 Å². The number of aryl methyl sites for hydroxylation is 2. The Kier molecular flexibility index (Phi) is 3.45. The number of furan rings is 1. The van der Waals surface area contributed by atoms with E-state index >= 15 is 0 Å².